The molecule has 0 unspecified atom stereocenters. The van der Waals surface area contributed by atoms with Crippen molar-refractivity contribution in [1.82, 2.24) is 4.98 Å². The Labute approximate surface area is 111 Å². The smallest absolute Gasteiger partial charge is 0.193 e. The SMILES string of the molecule is NC(=NCc1ccncc1)Nc1cccc(Cl)c1. The van der Waals surface area contributed by atoms with E-state index in [0.717, 1.165) is 11.3 Å². The van der Waals surface area contributed by atoms with E-state index in [2.05, 4.69) is 15.3 Å². The molecule has 0 spiro atoms. The molecule has 0 amide bonds. The van der Waals surface area contributed by atoms with Crippen molar-refractivity contribution in [1.29, 1.82) is 0 Å². The zero-order valence-electron chi connectivity index (χ0n) is 9.68. The van der Waals surface area contributed by atoms with E-state index in [1.807, 2.05) is 24.3 Å². The van der Waals surface area contributed by atoms with Crippen molar-refractivity contribution in [3.63, 3.8) is 0 Å². The van der Waals surface area contributed by atoms with Crippen molar-refractivity contribution in [2.24, 2.45) is 10.7 Å². The first-order chi connectivity index (χ1) is 8.74. The first kappa shape index (κ1) is 12.4. The molecule has 1 heterocycles. The molecule has 4 nitrogen and oxygen atoms in total. The number of pyridine rings is 1. The van der Waals surface area contributed by atoms with Crippen LogP contribution in [0.4, 0.5) is 5.69 Å². The normalized spacial score (nSPS) is 11.3. The molecule has 18 heavy (non-hydrogen) atoms. The largest absolute Gasteiger partial charge is 0.370 e. The van der Waals surface area contributed by atoms with Crippen molar-refractivity contribution in [3.8, 4) is 0 Å². The van der Waals surface area contributed by atoms with Crippen molar-refractivity contribution < 1.29 is 0 Å². The molecule has 0 saturated carbocycles. The third kappa shape index (κ3) is 3.75. The summed E-state index contributed by atoms with van der Waals surface area (Å²) in [7, 11) is 0. The minimum absolute atomic E-state index is 0.356. The van der Waals surface area contributed by atoms with Gasteiger partial charge in [0.1, 0.15) is 0 Å². The zero-order valence-corrected chi connectivity index (χ0v) is 10.4. The molecule has 1 aromatic carbocycles. The summed E-state index contributed by atoms with van der Waals surface area (Å²) in [6.07, 6.45) is 3.46. The molecule has 92 valence electrons. The van der Waals surface area contributed by atoms with Crippen LogP contribution in [0, 0.1) is 0 Å². The van der Waals surface area contributed by atoms with Crippen LogP contribution in [0.1, 0.15) is 5.56 Å². The molecule has 0 saturated heterocycles. The fraction of sp³-hybridized carbons (Fsp3) is 0.0769. The summed E-state index contributed by atoms with van der Waals surface area (Å²) in [6.45, 7) is 0.516. The van der Waals surface area contributed by atoms with Crippen LogP contribution >= 0.6 is 11.6 Å². The van der Waals surface area contributed by atoms with E-state index in [0.29, 0.717) is 17.5 Å². The maximum atomic E-state index is 5.87. The fourth-order valence-corrected chi connectivity index (χ4v) is 1.61. The molecule has 0 aliphatic heterocycles. The van der Waals surface area contributed by atoms with Crippen LogP contribution in [-0.4, -0.2) is 10.9 Å². The third-order valence-corrected chi connectivity index (χ3v) is 2.51. The number of benzene rings is 1. The van der Waals surface area contributed by atoms with E-state index in [9.17, 15) is 0 Å². The lowest BCUT2D eigenvalue weighted by atomic mass is 10.3. The lowest BCUT2D eigenvalue weighted by molar-refractivity contribution is 1.05. The second kappa shape index (κ2) is 6.02. The van der Waals surface area contributed by atoms with Gasteiger partial charge in [0.25, 0.3) is 0 Å². The van der Waals surface area contributed by atoms with E-state index in [1.54, 1.807) is 24.5 Å². The first-order valence-electron chi connectivity index (χ1n) is 5.45. The molecule has 5 heteroatoms. The summed E-state index contributed by atoms with van der Waals surface area (Å²) in [6, 6.07) is 11.1. The number of nitrogens with zero attached hydrogens (tertiary/aromatic N) is 2. The van der Waals surface area contributed by atoms with Gasteiger partial charge in [0.2, 0.25) is 0 Å². The summed E-state index contributed by atoms with van der Waals surface area (Å²) in [4.78, 5) is 8.17. The van der Waals surface area contributed by atoms with Gasteiger partial charge in [-0.1, -0.05) is 17.7 Å². The molecule has 2 rings (SSSR count). The van der Waals surface area contributed by atoms with E-state index in [-0.39, 0.29) is 0 Å². The molecule has 1 aromatic heterocycles. The summed E-state index contributed by atoms with van der Waals surface area (Å²) in [5.41, 5.74) is 7.66. The Morgan fingerprint density at radius 3 is 2.78 bits per heavy atom. The number of hydrogen-bond acceptors (Lipinski definition) is 2. The molecular formula is C13H13ClN4. The molecule has 0 aliphatic carbocycles. The van der Waals surface area contributed by atoms with Crippen molar-refractivity contribution >= 4 is 23.2 Å². The highest BCUT2D eigenvalue weighted by Gasteiger charge is 1.96. The number of nitrogens with one attached hydrogen (secondary N) is 1. The highest BCUT2D eigenvalue weighted by molar-refractivity contribution is 6.30. The van der Waals surface area contributed by atoms with Gasteiger partial charge >= 0.3 is 0 Å². The van der Waals surface area contributed by atoms with Gasteiger partial charge in [0.05, 0.1) is 6.54 Å². The average molecular weight is 261 g/mol. The Kier molecular flexibility index (Phi) is 4.15. The average Bonchev–Trinajstić information content (AvgIpc) is 2.38. The molecule has 0 aliphatic rings. The van der Waals surface area contributed by atoms with Crippen LogP contribution in [0.15, 0.2) is 53.8 Å². The first-order valence-corrected chi connectivity index (χ1v) is 5.83. The Morgan fingerprint density at radius 2 is 2.06 bits per heavy atom. The molecule has 3 N–H and O–H groups in total. The summed E-state index contributed by atoms with van der Waals surface area (Å²) in [5, 5.41) is 3.64. The van der Waals surface area contributed by atoms with Gasteiger partial charge in [0.15, 0.2) is 5.96 Å². The predicted molar refractivity (Wildman–Crippen MR) is 74.6 cm³/mol. The Bertz CT molecular complexity index is 540. The third-order valence-electron chi connectivity index (χ3n) is 2.28. The van der Waals surface area contributed by atoms with E-state index in [1.165, 1.54) is 0 Å². The summed E-state index contributed by atoms with van der Waals surface area (Å²) < 4.78 is 0. The number of anilines is 1. The number of aliphatic imine (C=N–C) groups is 1. The van der Waals surface area contributed by atoms with Gasteiger partial charge in [-0.2, -0.15) is 0 Å². The standard InChI is InChI=1S/C13H13ClN4/c14-11-2-1-3-12(8-11)18-13(15)17-9-10-4-6-16-7-5-10/h1-8H,9H2,(H3,15,17,18). The minimum Gasteiger partial charge on any atom is -0.370 e. The Balaban J connectivity index is 1.97. The number of hydrogen-bond donors (Lipinski definition) is 2. The maximum absolute atomic E-state index is 5.87. The van der Waals surface area contributed by atoms with Crippen molar-refractivity contribution in [3.05, 3.63) is 59.4 Å². The monoisotopic (exact) mass is 260 g/mol. The van der Waals surface area contributed by atoms with Gasteiger partial charge in [0, 0.05) is 23.1 Å². The summed E-state index contributed by atoms with van der Waals surface area (Å²) >= 11 is 5.87. The zero-order chi connectivity index (χ0) is 12.8. The van der Waals surface area contributed by atoms with E-state index in [4.69, 9.17) is 17.3 Å². The number of halogens is 1. The van der Waals surface area contributed by atoms with Gasteiger partial charge in [-0.25, -0.2) is 4.99 Å². The second-order valence-electron chi connectivity index (χ2n) is 3.69. The molecule has 0 bridgehead atoms. The number of nitrogens with two attached hydrogens (primary N) is 1. The molecule has 0 fully saturated rings. The van der Waals surface area contributed by atoms with Gasteiger partial charge < -0.3 is 11.1 Å². The minimum atomic E-state index is 0.356. The van der Waals surface area contributed by atoms with Gasteiger partial charge in [-0.15, -0.1) is 0 Å². The van der Waals surface area contributed by atoms with Gasteiger partial charge in [-0.3, -0.25) is 4.98 Å². The highest BCUT2D eigenvalue weighted by atomic mass is 35.5. The van der Waals surface area contributed by atoms with Crippen LogP contribution in [0.5, 0.6) is 0 Å². The van der Waals surface area contributed by atoms with Crippen LogP contribution in [0.2, 0.25) is 5.02 Å². The Morgan fingerprint density at radius 1 is 1.28 bits per heavy atom. The second-order valence-corrected chi connectivity index (χ2v) is 4.13. The number of guanidine groups is 1. The van der Waals surface area contributed by atoms with E-state index < -0.39 is 0 Å². The van der Waals surface area contributed by atoms with Crippen LogP contribution in [0.25, 0.3) is 0 Å². The lowest BCUT2D eigenvalue weighted by Gasteiger charge is -2.05. The maximum Gasteiger partial charge on any atom is 0.193 e. The van der Waals surface area contributed by atoms with Crippen molar-refractivity contribution in [2.45, 2.75) is 6.54 Å². The number of rotatable bonds is 3. The fourth-order valence-electron chi connectivity index (χ4n) is 1.42. The van der Waals surface area contributed by atoms with Gasteiger partial charge in [-0.05, 0) is 35.9 Å². The quantitative estimate of drug-likeness (QED) is 0.659. The van der Waals surface area contributed by atoms with Crippen LogP contribution in [0.3, 0.4) is 0 Å². The van der Waals surface area contributed by atoms with Crippen LogP contribution in [-0.2, 0) is 6.54 Å². The molecule has 0 radical (unpaired) electrons. The molecule has 2 aromatic rings. The number of aromatic nitrogens is 1. The van der Waals surface area contributed by atoms with E-state index >= 15 is 0 Å². The van der Waals surface area contributed by atoms with Crippen molar-refractivity contribution in [2.75, 3.05) is 5.32 Å². The topological polar surface area (TPSA) is 63.3 Å². The predicted octanol–water partition coefficient (Wildman–Crippen LogP) is 2.66. The summed E-state index contributed by atoms with van der Waals surface area (Å²) in [5.74, 6) is 0.356. The highest BCUT2D eigenvalue weighted by Crippen LogP contribution is 2.14. The Hall–Kier alpha value is -2.07. The molecule has 0 atom stereocenters. The molecular weight excluding hydrogens is 248 g/mol. The lowest BCUT2D eigenvalue weighted by Crippen LogP contribution is -2.22. The van der Waals surface area contributed by atoms with Crippen LogP contribution < -0.4 is 11.1 Å².